The van der Waals surface area contributed by atoms with Crippen LogP contribution >= 0.6 is 11.3 Å². The van der Waals surface area contributed by atoms with Gasteiger partial charge >= 0.3 is 0 Å². The van der Waals surface area contributed by atoms with Crippen LogP contribution in [-0.2, 0) is 10.0 Å². The number of aromatic nitrogens is 3. The molecule has 0 aliphatic rings. The molecule has 3 aromatic rings. The Morgan fingerprint density at radius 2 is 2.00 bits per heavy atom. The second kappa shape index (κ2) is 6.46. The first kappa shape index (κ1) is 16.8. The van der Waals surface area contributed by atoms with Crippen molar-refractivity contribution >= 4 is 21.4 Å². The van der Waals surface area contributed by atoms with Gasteiger partial charge in [-0.15, -0.1) is 11.3 Å². The third-order valence-electron chi connectivity index (χ3n) is 3.69. The maximum absolute atomic E-state index is 12.5. The number of aryl methyl sites for hydroxylation is 1. The van der Waals surface area contributed by atoms with Gasteiger partial charge in [0.15, 0.2) is 5.82 Å². The standard InChI is InChI=1S/C16H18N4O2S2/c1-11-7-8-16(23-11)24(21,22)19-12(2)14-10-18-20(13(14)3)15-6-4-5-9-17-15/h4-10,12,19H,1-3H3. The molecule has 0 aliphatic heterocycles. The molecule has 24 heavy (non-hydrogen) atoms. The highest BCUT2D eigenvalue weighted by molar-refractivity contribution is 7.91. The van der Waals surface area contributed by atoms with E-state index in [-0.39, 0.29) is 0 Å². The van der Waals surface area contributed by atoms with E-state index in [0.29, 0.717) is 10.0 Å². The Morgan fingerprint density at radius 1 is 1.21 bits per heavy atom. The van der Waals surface area contributed by atoms with Gasteiger partial charge in [0.05, 0.1) is 6.20 Å². The van der Waals surface area contributed by atoms with Crippen molar-refractivity contribution in [3.05, 3.63) is 58.9 Å². The molecule has 0 aromatic carbocycles. The van der Waals surface area contributed by atoms with E-state index in [4.69, 9.17) is 0 Å². The SMILES string of the molecule is Cc1ccc(S(=O)(=O)NC(C)c2cnn(-c3ccccn3)c2C)s1. The van der Waals surface area contributed by atoms with Crippen molar-refractivity contribution in [2.24, 2.45) is 0 Å². The Bertz CT molecular complexity index is 946. The molecular formula is C16H18N4O2S2. The molecule has 0 spiro atoms. The molecule has 1 unspecified atom stereocenters. The zero-order chi connectivity index (χ0) is 17.3. The minimum atomic E-state index is -3.54. The van der Waals surface area contributed by atoms with Crippen molar-refractivity contribution in [2.45, 2.75) is 31.0 Å². The van der Waals surface area contributed by atoms with Gasteiger partial charge in [-0.05, 0) is 45.0 Å². The van der Waals surface area contributed by atoms with Crippen LogP contribution < -0.4 is 4.72 Å². The van der Waals surface area contributed by atoms with E-state index in [1.54, 1.807) is 29.2 Å². The minimum Gasteiger partial charge on any atom is -0.237 e. The molecule has 0 amide bonds. The lowest BCUT2D eigenvalue weighted by molar-refractivity contribution is 0.568. The van der Waals surface area contributed by atoms with Gasteiger partial charge in [-0.3, -0.25) is 0 Å². The van der Waals surface area contributed by atoms with Crippen LogP contribution in [0.5, 0.6) is 0 Å². The third-order valence-corrected chi connectivity index (χ3v) is 6.73. The Kier molecular flexibility index (Phi) is 4.53. The summed E-state index contributed by atoms with van der Waals surface area (Å²) in [7, 11) is -3.54. The molecule has 6 nitrogen and oxygen atoms in total. The second-order valence-corrected chi connectivity index (χ2v) is 8.72. The number of sulfonamides is 1. The van der Waals surface area contributed by atoms with Crippen LogP contribution in [0.3, 0.4) is 0 Å². The number of pyridine rings is 1. The van der Waals surface area contributed by atoms with Gasteiger partial charge in [-0.2, -0.15) is 5.10 Å². The van der Waals surface area contributed by atoms with Crippen molar-refractivity contribution in [3.8, 4) is 5.82 Å². The fourth-order valence-corrected chi connectivity index (χ4v) is 4.99. The van der Waals surface area contributed by atoms with Crippen LogP contribution in [0.15, 0.2) is 46.9 Å². The minimum absolute atomic E-state index is 0.321. The molecule has 3 aromatic heterocycles. The first-order valence-corrected chi connectivity index (χ1v) is 9.73. The monoisotopic (exact) mass is 362 g/mol. The normalized spacial score (nSPS) is 13.1. The predicted octanol–water partition coefficient (Wildman–Crippen LogP) is 2.99. The van der Waals surface area contributed by atoms with Crippen LogP contribution in [0.2, 0.25) is 0 Å². The first-order chi connectivity index (χ1) is 11.4. The highest BCUT2D eigenvalue weighted by atomic mass is 32.2. The average molecular weight is 362 g/mol. The number of hydrogen-bond donors (Lipinski definition) is 1. The third kappa shape index (κ3) is 3.26. The number of nitrogens with zero attached hydrogens (tertiary/aromatic N) is 3. The lowest BCUT2D eigenvalue weighted by Gasteiger charge is -2.13. The number of thiophene rings is 1. The Labute approximate surface area is 145 Å². The highest BCUT2D eigenvalue weighted by Gasteiger charge is 2.22. The van der Waals surface area contributed by atoms with Crippen LogP contribution in [0.4, 0.5) is 0 Å². The predicted molar refractivity (Wildman–Crippen MR) is 93.9 cm³/mol. The van der Waals surface area contributed by atoms with Gasteiger partial charge in [0.25, 0.3) is 10.0 Å². The smallest absolute Gasteiger partial charge is 0.237 e. The molecular weight excluding hydrogens is 344 g/mol. The van der Waals surface area contributed by atoms with Gasteiger partial charge in [-0.1, -0.05) is 6.07 Å². The molecule has 0 saturated heterocycles. The second-order valence-electron chi connectivity index (χ2n) is 5.49. The quantitative estimate of drug-likeness (QED) is 0.757. The summed E-state index contributed by atoms with van der Waals surface area (Å²) in [5.41, 5.74) is 1.67. The summed E-state index contributed by atoms with van der Waals surface area (Å²) in [4.78, 5) is 5.23. The lowest BCUT2D eigenvalue weighted by atomic mass is 10.1. The van der Waals surface area contributed by atoms with Crippen molar-refractivity contribution in [3.63, 3.8) is 0 Å². The molecule has 0 saturated carbocycles. The molecule has 1 atom stereocenters. The van der Waals surface area contributed by atoms with Crippen molar-refractivity contribution < 1.29 is 8.42 Å². The van der Waals surface area contributed by atoms with Gasteiger partial charge in [0.2, 0.25) is 0 Å². The van der Waals surface area contributed by atoms with Crippen LogP contribution in [0.25, 0.3) is 5.82 Å². The fourth-order valence-electron chi connectivity index (χ4n) is 2.47. The van der Waals surface area contributed by atoms with Crippen molar-refractivity contribution in [1.82, 2.24) is 19.5 Å². The molecule has 3 rings (SSSR count). The van der Waals surface area contributed by atoms with E-state index in [1.807, 2.05) is 39.0 Å². The first-order valence-electron chi connectivity index (χ1n) is 7.43. The van der Waals surface area contributed by atoms with E-state index < -0.39 is 16.1 Å². The zero-order valence-electron chi connectivity index (χ0n) is 13.6. The molecule has 1 N–H and O–H groups in total. The molecule has 0 bridgehead atoms. The summed E-state index contributed by atoms with van der Waals surface area (Å²) in [6, 6.07) is 8.60. The number of rotatable bonds is 5. The van der Waals surface area contributed by atoms with Gasteiger partial charge in [0.1, 0.15) is 4.21 Å². The molecule has 3 heterocycles. The number of hydrogen-bond acceptors (Lipinski definition) is 5. The molecule has 0 fully saturated rings. The molecule has 126 valence electrons. The van der Waals surface area contributed by atoms with E-state index in [9.17, 15) is 8.42 Å². The largest absolute Gasteiger partial charge is 0.250 e. The van der Waals surface area contributed by atoms with E-state index in [1.165, 1.54) is 11.3 Å². The summed E-state index contributed by atoms with van der Waals surface area (Å²) in [5.74, 6) is 0.699. The van der Waals surface area contributed by atoms with E-state index >= 15 is 0 Å². The van der Waals surface area contributed by atoms with E-state index in [0.717, 1.165) is 16.1 Å². The topological polar surface area (TPSA) is 76.9 Å². The number of nitrogens with one attached hydrogen (secondary N) is 1. The van der Waals surface area contributed by atoms with Crippen LogP contribution in [0.1, 0.15) is 29.1 Å². The zero-order valence-corrected chi connectivity index (χ0v) is 15.2. The summed E-state index contributed by atoms with van der Waals surface area (Å²) in [6.07, 6.45) is 3.37. The summed E-state index contributed by atoms with van der Waals surface area (Å²) in [5, 5.41) is 4.34. The fraction of sp³-hybridized carbons (Fsp3) is 0.250. The summed E-state index contributed by atoms with van der Waals surface area (Å²) < 4.78 is 29.7. The maximum atomic E-state index is 12.5. The Morgan fingerprint density at radius 3 is 2.62 bits per heavy atom. The van der Waals surface area contributed by atoms with E-state index in [2.05, 4.69) is 14.8 Å². The van der Waals surface area contributed by atoms with Gasteiger partial charge in [0, 0.05) is 28.4 Å². The Balaban J connectivity index is 1.86. The maximum Gasteiger partial charge on any atom is 0.250 e. The van der Waals surface area contributed by atoms with Gasteiger partial charge in [-0.25, -0.2) is 22.8 Å². The molecule has 0 aliphatic carbocycles. The average Bonchev–Trinajstić information content (AvgIpc) is 3.14. The lowest BCUT2D eigenvalue weighted by Crippen LogP contribution is -2.26. The highest BCUT2D eigenvalue weighted by Crippen LogP contribution is 2.24. The summed E-state index contributed by atoms with van der Waals surface area (Å²) in [6.45, 7) is 5.59. The van der Waals surface area contributed by atoms with Gasteiger partial charge < -0.3 is 0 Å². The van der Waals surface area contributed by atoms with Crippen LogP contribution in [0, 0.1) is 13.8 Å². The van der Waals surface area contributed by atoms with Crippen LogP contribution in [-0.4, -0.2) is 23.2 Å². The Hall–Kier alpha value is -2.03. The van der Waals surface area contributed by atoms with Crippen molar-refractivity contribution in [1.29, 1.82) is 0 Å². The molecule has 0 radical (unpaired) electrons. The molecule has 8 heteroatoms. The summed E-state index contributed by atoms with van der Waals surface area (Å²) >= 11 is 1.26. The van der Waals surface area contributed by atoms with Crippen molar-refractivity contribution in [2.75, 3.05) is 0 Å².